The Kier molecular flexibility index (Phi) is 5.21. The van der Waals surface area contributed by atoms with E-state index in [0.717, 1.165) is 5.56 Å². The Morgan fingerprint density at radius 1 is 1.29 bits per heavy atom. The fraction of sp³-hybridized carbons (Fsp3) is 0.350. The summed E-state index contributed by atoms with van der Waals surface area (Å²) in [6, 6.07) is 8.56. The number of amides is 1. The molecule has 2 aromatic heterocycles. The van der Waals surface area contributed by atoms with Crippen molar-refractivity contribution in [3.63, 3.8) is 0 Å². The molecule has 0 bridgehead atoms. The molecule has 1 aromatic carbocycles. The van der Waals surface area contributed by atoms with Crippen molar-refractivity contribution in [3.05, 3.63) is 47.2 Å². The number of carbonyl (C=O) groups excluding carboxylic acids is 1. The number of anilines is 3. The molecular formula is C20H24ClN5O2. The fourth-order valence-corrected chi connectivity index (χ4v) is 2.98. The molecule has 0 aliphatic carbocycles. The molecule has 1 amide bonds. The third-order valence-corrected chi connectivity index (χ3v) is 4.20. The van der Waals surface area contributed by atoms with Crippen molar-refractivity contribution in [1.29, 1.82) is 0 Å². The van der Waals surface area contributed by atoms with Crippen molar-refractivity contribution in [2.24, 2.45) is 0 Å². The maximum absolute atomic E-state index is 13.1. The molecule has 0 aliphatic heterocycles. The Balaban J connectivity index is 2.25. The van der Waals surface area contributed by atoms with Crippen LogP contribution in [0.2, 0.25) is 5.15 Å². The second kappa shape index (κ2) is 7.31. The van der Waals surface area contributed by atoms with Gasteiger partial charge < -0.3 is 10.5 Å². The van der Waals surface area contributed by atoms with Crippen LogP contribution >= 0.6 is 11.6 Å². The van der Waals surface area contributed by atoms with E-state index in [1.165, 1.54) is 4.90 Å². The lowest BCUT2D eigenvalue weighted by Crippen LogP contribution is -2.35. The first-order valence-corrected chi connectivity index (χ1v) is 9.37. The van der Waals surface area contributed by atoms with E-state index >= 15 is 0 Å². The number of hydrogen-bond acceptors (Lipinski definition) is 5. The quantitative estimate of drug-likeness (QED) is 0.483. The molecule has 0 radical (unpaired) electrons. The Labute approximate surface area is 169 Å². The summed E-state index contributed by atoms with van der Waals surface area (Å²) in [5, 5.41) is 4.70. The highest BCUT2D eigenvalue weighted by molar-refractivity contribution is 6.29. The number of carbonyl (C=O) groups is 1. The van der Waals surface area contributed by atoms with Crippen molar-refractivity contribution in [2.45, 2.75) is 46.1 Å². The topological polar surface area (TPSA) is 85.8 Å². The van der Waals surface area contributed by atoms with Crippen LogP contribution in [0.25, 0.3) is 5.65 Å². The van der Waals surface area contributed by atoms with Gasteiger partial charge in [0.1, 0.15) is 16.6 Å². The molecule has 0 atom stereocenters. The van der Waals surface area contributed by atoms with Crippen LogP contribution in [0, 0.1) is 0 Å². The molecule has 7 nitrogen and oxygen atoms in total. The molecule has 0 aliphatic rings. The predicted octanol–water partition coefficient (Wildman–Crippen LogP) is 5.16. The van der Waals surface area contributed by atoms with Gasteiger partial charge in [-0.15, -0.1) is 0 Å². The molecule has 3 aromatic rings. The first-order valence-electron chi connectivity index (χ1n) is 8.99. The molecule has 8 heteroatoms. The average Bonchev–Trinajstić information content (AvgIpc) is 2.97. The number of hydrogen-bond donors (Lipinski definition) is 1. The van der Waals surface area contributed by atoms with Crippen LogP contribution in [0.15, 0.2) is 36.5 Å². The van der Waals surface area contributed by atoms with Gasteiger partial charge in [-0.1, -0.05) is 31.5 Å². The van der Waals surface area contributed by atoms with Crippen LogP contribution in [0.3, 0.4) is 0 Å². The van der Waals surface area contributed by atoms with E-state index in [1.54, 1.807) is 41.0 Å². The third-order valence-electron chi connectivity index (χ3n) is 4.00. The third kappa shape index (κ3) is 4.04. The molecule has 2 heterocycles. The summed E-state index contributed by atoms with van der Waals surface area (Å²) in [5.74, 6) is 0.611. The minimum absolute atomic E-state index is 0.193. The lowest BCUT2D eigenvalue weighted by atomic mass is 10.1. The smallest absolute Gasteiger partial charge is 0.420 e. The highest BCUT2D eigenvalue weighted by Gasteiger charge is 2.28. The van der Waals surface area contributed by atoms with Gasteiger partial charge in [0.2, 0.25) is 0 Å². The maximum Gasteiger partial charge on any atom is 0.420 e. The standard InChI is InChI=1S/C20H24ClN5O2/c1-12(2)15-11-23-26-17(10-16(21)24-18(15)26)25(19(27)28-20(3,4)5)14-8-6-7-13(22)9-14/h6-12H,22H2,1-5H3. The molecule has 2 N–H and O–H groups in total. The largest absolute Gasteiger partial charge is 0.443 e. The lowest BCUT2D eigenvalue weighted by molar-refractivity contribution is 0.0597. The van der Waals surface area contributed by atoms with E-state index < -0.39 is 11.7 Å². The van der Waals surface area contributed by atoms with Gasteiger partial charge in [-0.3, -0.25) is 0 Å². The normalized spacial score (nSPS) is 11.8. The number of ether oxygens (including phenoxy) is 1. The summed E-state index contributed by atoms with van der Waals surface area (Å²) < 4.78 is 7.22. The van der Waals surface area contributed by atoms with Gasteiger partial charge in [0.25, 0.3) is 0 Å². The van der Waals surface area contributed by atoms with E-state index in [-0.39, 0.29) is 11.1 Å². The zero-order valence-corrected chi connectivity index (χ0v) is 17.4. The first kappa shape index (κ1) is 19.9. The van der Waals surface area contributed by atoms with Crippen molar-refractivity contribution >= 4 is 40.5 Å². The van der Waals surface area contributed by atoms with Crippen LogP contribution < -0.4 is 10.6 Å². The van der Waals surface area contributed by atoms with Gasteiger partial charge in [0.15, 0.2) is 5.65 Å². The highest BCUT2D eigenvalue weighted by atomic mass is 35.5. The molecule has 0 saturated heterocycles. The molecule has 148 valence electrons. The van der Waals surface area contributed by atoms with Crippen LogP contribution in [0.4, 0.5) is 22.0 Å². The highest BCUT2D eigenvalue weighted by Crippen LogP contribution is 2.32. The van der Waals surface area contributed by atoms with Gasteiger partial charge in [0.05, 0.1) is 11.9 Å². The summed E-state index contributed by atoms with van der Waals surface area (Å²) >= 11 is 6.30. The van der Waals surface area contributed by atoms with Crippen molar-refractivity contribution < 1.29 is 9.53 Å². The first-order chi connectivity index (χ1) is 13.1. The van der Waals surface area contributed by atoms with Gasteiger partial charge >= 0.3 is 6.09 Å². The van der Waals surface area contributed by atoms with E-state index in [9.17, 15) is 4.79 Å². The minimum Gasteiger partial charge on any atom is -0.443 e. The molecule has 0 spiro atoms. The lowest BCUT2D eigenvalue weighted by Gasteiger charge is -2.27. The minimum atomic E-state index is -0.682. The number of nitrogens with two attached hydrogens (primary N) is 1. The fourth-order valence-electron chi connectivity index (χ4n) is 2.80. The molecule has 0 unspecified atom stereocenters. The van der Waals surface area contributed by atoms with Crippen LogP contribution in [0.5, 0.6) is 0 Å². The Bertz CT molecular complexity index is 1020. The van der Waals surface area contributed by atoms with Crippen LogP contribution in [0.1, 0.15) is 46.1 Å². The number of fused-ring (bicyclic) bond motifs is 1. The van der Waals surface area contributed by atoms with Crippen molar-refractivity contribution in [2.75, 3.05) is 10.6 Å². The molecule has 0 fully saturated rings. The second-order valence-corrected chi connectivity index (χ2v) is 8.23. The molecule has 0 saturated carbocycles. The number of halogens is 1. The number of benzene rings is 1. The Morgan fingerprint density at radius 3 is 2.61 bits per heavy atom. The monoisotopic (exact) mass is 401 g/mol. The van der Waals surface area contributed by atoms with Gasteiger partial charge in [-0.2, -0.15) is 9.61 Å². The SMILES string of the molecule is CC(C)c1cnn2c(N(C(=O)OC(C)(C)C)c3cccc(N)c3)cc(Cl)nc12. The zero-order chi connectivity index (χ0) is 20.6. The van der Waals surface area contributed by atoms with E-state index in [2.05, 4.69) is 10.1 Å². The molecular weight excluding hydrogens is 378 g/mol. The van der Waals surface area contributed by atoms with Crippen molar-refractivity contribution in [3.8, 4) is 0 Å². The summed E-state index contributed by atoms with van der Waals surface area (Å²) in [7, 11) is 0. The summed E-state index contributed by atoms with van der Waals surface area (Å²) in [6.07, 6.45) is 1.17. The summed E-state index contributed by atoms with van der Waals surface area (Å²) in [6.45, 7) is 9.51. The zero-order valence-electron chi connectivity index (χ0n) is 16.6. The number of rotatable bonds is 3. The molecule has 3 rings (SSSR count). The van der Waals surface area contributed by atoms with Gasteiger partial charge in [0, 0.05) is 17.3 Å². The van der Waals surface area contributed by atoms with Gasteiger partial charge in [-0.05, 0) is 44.9 Å². The number of aromatic nitrogens is 3. The van der Waals surface area contributed by atoms with E-state index in [0.29, 0.717) is 22.8 Å². The van der Waals surface area contributed by atoms with E-state index in [1.807, 2.05) is 34.6 Å². The Morgan fingerprint density at radius 2 is 2.00 bits per heavy atom. The summed E-state index contributed by atoms with van der Waals surface area (Å²) in [5.41, 5.74) is 7.85. The van der Waals surface area contributed by atoms with Crippen LogP contribution in [-0.4, -0.2) is 26.3 Å². The molecule has 28 heavy (non-hydrogen) atoms. The van der Waals surface area contributed by atoms with E-state index in [4.69, 9.17) is 22.1 Å². The maximum atomic E-state index is 13.1. The predicted molar refractivity (Wildman–Crippen MR) is 111 cm³/mol. The van der Waals surface area contributed by atoms with Gasteiger partial charge in [-0.25, -0.2) is 14.7 Å². The summed E-state index contributed by atoms with van der Waals surface area (Å²) in [4.78, 5) is 18.9. The number of nitrogen functional groups attached to an aromatic ring is 1. The Hall–Kier alpha value is -2.80. The second-order valence-electron chi connectivity index (χ2n) is 7.84. The average molecular weight is 402 g/mol. The van der Waals surface area contributed by atoms with Crippen LogP contribution in [-0.2, 0) is 4.74 Å². The van der Waals surface area contributed by atoms with Crippen molar-refractivity contribution in [1.82, 2.24) is 14.6 Å². The number of nitrogens with zero attached hydrogens (tertiary/aromatic N) is 4.